The van der Waals surface area contributed by atoms with Crippen molar-refractivity contribution in [2.45, 2.75) is 6.42 Å². The van der Waals surface area contributed by atoms with Crippen LogP contribution in [0.4, 0.5) is 5.69 Å². The van der Waals surface area contributed by atoms with Crippen LogP contribution in [0.5, 0.6) is 11.5 Å². The molecule has 0 aliphatic carbocycles. The lowest BCUT2D eigenvalue weighted by Crippen LogP contribution is -2.30. The predicted octanol–water partition coefficient (Wildman–Crippen LogP) is 4.21. The van der Waals surface area contributed by atoms with Crippen molar-refractivity contribution in [3.8, 4) is 11.5 Å². The highest BCUT2D eigenvalue weighted by Crippen LogP contribution is 2.33. The summed E-state index contributed by atoms with van der Waals surface area (Å²) in [5.74, 6) is 1.32. The van der Waals surface area contributed by atoms with E-state index in [2.05, 4.69) is 0 Å². The van der Waals surface area contributed by atoms with Gasteiger partial charge >= 0.3 is 0 Å². The van der Waals surface area contributed by atoms with Crippen LogP contribution < -0.4 is 14.4 Å². The molecule has 0 bridgehead atoms. The Balaban J connectivity index is 1.69. The van der Waals surface area contributed by atoms with E-state index >= 15 is 0 Å². The molecule has 1 heterocycles. The molecule has 1 fully saturated rings. The quantitative estimate of drug-likeness (QED) is 0.486. The molecule has 3 rings (SSSR count). The Morgan fingerprint density at radius 3 is 2.38 bits per heavy atom. The van der Waals surface area contributed by atoms with Gasteiger partial charge in [0.2, 0.25) is 0 Å². The summed E-state index contributed by atoms with van der Waals surface area (Å²) in [6.45, 7) is 0.525. The fourth-order valence-corrected chi connectivity index (χ4v) is 4.30. The molecule has 0 N–H and O–H groups in total. The summed E-state index contributed by atoms with van der Waals surface area (Å²) in [5.41, 5.74) is 3.15. The minimum Gasteiger partial charge on any atom is -0.493 e. The van der Waals surface area contributed by atoms with E-state index in [0.29, 0.717) is 33.7 Å². The van der Waals surface area contributed by atoms with Crippen molar-refractivity contribution in [1.82, 2.24) is 4.90 Å². The third kappa shape index (κ3) is 4.92. The second-order valence-corrected chi connectivity index (χ2v) is 8.43. The molecule has 0 aromatic heterocycles. The minimum atomic E-state index is -0.0443. The van der Waals surface area contributed by atoms with Crippen molar-refractivity contribution in [3.63, 3.8) is 0 Å². The number of carbonyl (C=O) groups excluding carboxylic acids is 1. The predicted molar refractivity (Wildman–Crippen MR) is 124 cm³/mol. The van der Waals surface area contributed by atoms with Crippen LogP contribution in [0.2, 0.25) is 0 Å². The van der Waals surface area contributed by atoms with E-state index in [1.165, 1.54) is 11.8 Å². The Morgan fingerprint density at radius 2 is 1.76 bits per heavy atom. The summed E-state index contributed by atoms with van der Waals surface area (Å²) in [7, 11) is 7.22. The Bertz CT molecular complexity index is 940. The second-order valence-electron chi connectivity index (χ2n) is 6.76. The van der Waals surface area contributed by atoms with Crippen LogP contribution in [0.15, 0.2) is 47.4 Å². The number of carbonyl (C=O) groups is 1. The molecule has 2 aromatic rings. The van der Waals surface area contributed by atoms with E-state index in [4.69, 9.17) is 21.7 Å². The van der Waals surface area contributed by atoms with Gasteiger partial charge < -0.3 is 14.4 Å². The highest BCUT2D eigenvalue weighted by molar-refractivity contribution is 8.26. The number of rotatable bonds is 7. The van der Waals surface area contributed by atoms with E-state index in [9.17, 15) is 4.79 Å². The van der Waals surface area contributed by atoms with Crippen LogP contribution in [0, 0.1) is 0 Å². The molecule has 0 saturated carbocycles. The number of thiocarbonyl (C=S) groups is 1. The van der Waals surface area contributed by atoms with Gasteiger partial charge in [-0.25, -0.2) is 0 Å². The molecule has 29 heavy (non-hydrogen) atoms. The van der Waals surface area contributed by atoms with Crippen LogP contribution in [-0.2, 0) is 11.2 Å². The van der Waals surface area contributed by atoms with Gasteiger partial charge in [0.05, 0.1) is 19.1 Å². The van der Waals surface area contributed by atoms with Gasteiger partial charge in [0.25, 0.3) is 5.91 Å². The summed E-state index contributed by atoms with van der Waals surface area (Å²) in [6.07, 6.45) is 2.58. The average Bonchev–Trinajstić information content (AvgIpc) is 2.99. The lowest BCUT2D eigenvalue weighted by Gasteiger charge is -2.15. The maximum absolute atomic E-state index is 12.8. The Kier molecular flexibility index (Phi) is 6.82. The number of thioether (sulfide) groups is 1. The van der Waals surface area contributed by atoms with E-state index in [0.717, 1.165) is 16.8 Å². The molecule has 0 spiro atoms. The topological polar surface area (TPSA) is 42.0 Å². The molecule has 0 radical (unpaired) electrons. The SMILES string of the molecule is COc1ccc(CCN2C(=O)C(=Cc3ccc(N(C)C)cc3)SC2=S)cc1OC. The first-order valence-electron chi connectivity index (χ1n) is 9.16. The van der Waals surface area contributed by atoms with Crippen molar-refractivity contribution >= 4 is 46.0 Å². The monoisotopic (exact) mass is 428 g/mol. The largest absolute Gasteiger partial charge is 0.493 e. The number of ether oxygens (including phenoxy) is 2. The molecule has 0 unspecified atom stereocenters. The molecule has 1 amide bonds. The van der Waals surface area contributed by atoms with Crippen LogP contribution in [0.3, 0.4) is 0 Å². The summed E-state index contributed by atoms with van der Waals surface area (Å²) < 4.78 is 11.2. The van der Waals surface area contributed by atoms with Gasteiger partial charge in [-0.05, 0) is 47.9 Å². The van der Waals surface area contributed by atoms with Crippen LogP contribution >= 0.6 is 24.0 Å². The maximum atomic E-state index is 12.8. The molecule has 0 atom stereocenters. The van der Waals surface area contributed by atoms with Crippen LogP contribution in [-0.4, -0.2) is 50.0 Å². The fourth-order valence-electron chi connectivity index (χ4n) is 2.99. The van der Waals surface area contributed by atoms with Crippen molar-refractivity contribution in [3.05, 3.63) is 58.5 Å². The van der Waals surface area contributed by atoms with Crippen LogP contribution in [0.25, 0.3) is 6.08 Å². The van der Waals surface area contributed by atoms with E-state index in [-0.39, 0.29) is 5.91 Å². The molecular formula is C22H24N2O3S2. The highest BCUT2D eigenvalue weighted by atomic mass is 32.2. The van der Waals surface area contributed by atoms with Crippen molar-refractivity contribution in [1.29, 1.82) is 0 Å². The minimum absolute atomic E-state index is 0.0443. The van der Waals surface area contributed by atoms with Crippen LogP contribution in [0.1, 0.15) is 11.1 Å². The summed E-state index contributed by atoms with van der Waals surface area (Å²) in [4.78, 5) is 17.2. The number of hydrogen-bond donors (Lipinski definition) is 0. The van der Waals surface area contributed by atoms with Gasteiger partial charge in [-0.3, -0.25) is 9.69 Å². The Hall–Kier alpha value is -2.51. The van der Waals surface area contributed by atoms with Gasteiger partial charge in [-0.2, -0.15) is 0 Å². The third-order valence-corrected chi connectivity index (χ3v) is 6.03. The van der Waals surface area contributed by atoms with E-state index < -0.39 is 0 Å². The first-order valence-corrected chi connectivity index (χ1v) is 10.4. The second kappa shape index (κ2) is 9.33. The lowest BCUT2D eigenvalue weighted by molar-refractivity contribution is -0.122. The standard InChI is InChI=1S/C22H24N2O3S2/c1-23(2)17-8-5-15(6-9-17)14-20-21(25)24(22(28)29-20)12-11-16-7-10-18(26-3)19(13-16)27-4/h5-10,13-14H,11-12H2,1-4H3. The third-order valence-electron chi connectivity index (χ3n) is 4.65. The van der Waals surface area contributed by atoms with Gasteiger partial charge in [0, 0.05) is 26.3 Å². The van der Waals surface area contributed by atoms with Crippen molar-refractivity contribution < 1.29 is 14.3 Å². The van der Waals surface area contributed by atoms with Gasteiger partial charge in [-0.1, -0.05) is 42.2 Å². The van der Waals surface area contributed by atoms with Crippen molar-refractivity contribution in [2.75, 3.05) is 39.8 Å². The molecule has 152 valence electrons. The summed E-state index contributed by atoms with van der Waals surface area (Å²) in [6, 6.07) is 13.8. The number of hydrogen-bond acceptors (Lipinski definition) is 6. The zero-order chi connectivity index (χ0) is 21.0. The Labute approximate surface area is 181 Å². The molecule has 7 heteroatoms. The molecular weight excluding hydrogens is 404 g/mol. The highest BCUT2D eigenvalue weighted by Gasteiger charge is 2.31. The summed E-state index contributed by atoms with van der Waals surface area (Å²) >= 11 is 6.80. The van der Waals surface area contributed by atoms with E-state index in [1.54, 1.807) is 19.1 Å². The number of anilines is 1. The maximum Gasteiger partial charge on any atom is 0.266 e. The zero-order valence-corrected chi connectivity index (χ0v) is 18.6. The number of nitrogens with zero attached hydrogens (tertiary/aromatic N) is 2. The van der Waals surface area contributed by atoms with Gasteiger partial charge in [0.15, 0.2) is 11.5 Å². The molecule has 5 nitrogen and oxygen atoms in total. The first kappa shape index (κ1) is 21.2. The number of methoxy groups -OCH3 is 2. The first-order chi connectivity index (χ1) is 13.9. The molecule has 1 aliphatic heterocycles. The number of benzene rings is 2. The fraction of sp³-hybridized carbons (Fsp3) is 0.273. The van der Waals surface area contributed by atoms with Gasteiger partial charge in [0.1, 0.15) is 4.32 Å². The lowest BCUT2D eigenvalue weighted by atomic mass is 10.1. The molecule has 2 aromatic carbocycles. The molecule has 1 aliphatic rings. The average molecular weight is 429 g/mol. The summed E-state index contributed by atoms with van der Waals surface area (Å²) in [5, 5.41) is 0. The Morgan fingerprint density at radius 1 is 1.07 bits per heavy atom. The zero-order valence-electron chi connectivity index (χ0n) is 17.0. The van der Waals surface area contributed by atoms with Crippen molar-refractivity contribution in [2.24, 2.45) is 0 Å². The van der Waals surface area contributed by atoms with Gasteiger partial charge in [-0.15, -0.1) is 0 Å². The normalized spacial score (nSPS) is 15.2. The van der Waals surface area contributed by atoms with E-state index in [1.807, 2.05) is 67.5 Å². The molecule has 1 saturated heterocycles. The smallest absolute Gasteiger partial charge is 0.266 e. The number of amides is 1.